The Morgan fingerprint density at radius 1 is 1.33 bits per heavy atom. The van der Waals surface area contributed by atoms with E-state index in [4.69, 9.17) is 9.47 Å². The molecular formula is C15H21BrO2. The zero-order valence-corrected chi connectivity index (χ0v) is 12.8. The summed E-state index contributed by atoms with van der Waals surface area (Å²) in [6.07, 6.45) is 2.51. The summed E-state index contributed by atoms with van der Waals surface area (Å²) < 4.78 is 11.3. The van der Waals surface area contributed by atoms with Gasteiger partial charge in [0.15, 0.2) is 0 Å². The molecule has 0 heterocycles. The number of rotatable bonds is 5. The van der Waals surface area contributed by atoms with Crippen molar-refractivity contribution in [2.45, 2.75) is 49.6 Å². The Morgan fingerprint density at radius 3 is 2.50 bits per heavy atom. The highest BCUT2D eigenvalue weighted by Gasteiger charge is 2.41. The maximum atomic E-state index is 5.94. The standard InChI is InChI=1S/C15H21BrO2/c1-4-10(2)11-5-7-12(8-6-11)18-14-9-13(16)15(14)17-3/h5-8,10,13-15H,4,9H2,1-3H3. The van der Waals surface area contributed by atoms with Gasteiger partial charge in [-0.1, -0.05) is 41.9 Å². The van der Waals surface area contributed by atoms with Gasteiger partial charge in [0.05, 0.1) is 0 Å². The summed E-state index contributed by atoms with van der Waals surface area (Å²) in [7, 11) is 1.74. The van der Waals surface area contributed by atoms with Gasteiger partial charge in [-0.25, -0.2) is 0 Å². The molecule has 1 aromatic carbocycles. The van der Waals surface area contributed by atoms with Crippen molar-refractivity contribution in [3.63, 3.8) is 0 Å². The van der Waals surface area contributed by atoms with Gasteiger partial charge in [-0.3, -0.25) is 0 Å². The fourth-order valence-electron chi connectivity index (χ4n) is 2.23. The highest BCUT2D eigenvalue weighted by molar-refractivity contribution is 9.09. The van der Waals surface area contributed by atoms with Gasteiger partial charge in [-0.05, 0) is 30.0 Å². The van der Waals surface area contributed by atoms with Crippen LogP contribution in [0.1, 0.15) is 38.2 Å². The SMILES string of the molecule is CCC(C)c1ccc(OC2CC(Br)C2OC)cc1. The van der Waals surface area contributed by atoms with Crippen molar-refractivity contribution in [3.8, 4) is 5.75 Å². The summed E-state index contributed by atoms with van der Waals surface area (Å²) in [5.41, 5.74) is 1.38. The van der Waals surface area contributed by atoms with Crippen molar-refractivity contribution >= 4 is 15.9 Å². The first kappa shape index (κ1) is 13.9. The third-order valence-corrected chi connectivity index (χ3v) is 4.70. The largest absolute Gasteiger partial charge is 0.488 e. The molecule has 3 heteroatoms. The maximum Gasteiger partial charge on any atom is 0.127 e. The Balaban J connectivity index is 1.95. The predicted octanol–water partition coefficient (Wildman–Crippen LogP) is 4.13. The molecule has 100 valence electrons. The number of alkyl halides is 1. The monoisotopic (exact) mass is 312 g/mol. The van der Waals surface area contributed by atoms with E-state index < -0.39 is 0 Å². The molecular weight excluding hydrogens is 292 g/mol. The zero-order valence-electron chi connectivity index (χ0n) is 11.2. The van der Waals surface area contributed by atoms with Gasteiger partial charge in [-0.15, -0.1) is 0 Å². The highest BCUT2D eigenvalue weighted by Crippen LogP contribution is 2.34. The van der Waals surface area contributed by atoms with Gasteiger partial charge < -0.3 is 9.47 Å². The van der Waals surface area contributed by atoms with Crippen LogP contribution >= 0.6 is 15.9 Å². The molecule has 0 radical (unpaired) electrons. The van der Waals surface area contributed by atoms with Gasteiger partial charge in [-0.2, -0.15) is 0 Å². The van der Waals surface area contributed by atoms with Crippen molar-refractivity contribution in [3.05, 3.63) is 29.8 Å². The minimum atomic E-state index is 0.166. The molecule has 4 unspecified atom stereocenters. The van der Waals surface area contributed by atoms with Crippen LogP contribution in [0, 0.1) is 0 Å². The summed E-state index contributed by atoms with van der Waals surface area (Å²) in [5, 5.41) is 0. The van der Waals surface area contributed by atoms with Crippen LogP contribution in [0.5, 0.6) is 5.75 Å². The Kier molecular flexibility index (Phi) is 4.68. The lowest BCUT2D eigenvalue weighted by molar-refractivity contribution is -0.0545. The summed E-state index contributed by atoms with van der Waals surface area (Å²) in [6, 6.07) is 8.46. The lowest BCUT2D eigenvalue weighted by Crippen LogP contribution is -2.51. The van der Waals surface area contributed by atoms with Gasteiger partial charge in [0.1, 0.15) is 18.0 Å². The van der Waals surface area contributed by atoms with Crippen LogP contribution in [0.15, 0.2) is 24.3 Å². The Morgan fingerprint density at radius 2 is 2.00 bits per heavy atom. The molecule has 1 aliphatic carbocycles. The molecule has 0 bridgehead atoms. The van der Waals surface area contributed by atoms with Gasteiger partial charge in [0.2, 0.25) is 0 Å². The van der Waals surface area contributed by atoms with Crippen molar-refractivity contribution in [1.82, 2.24) is 0 Å². The number of hydrogen-bond donors (Lipinski definition) is 0. The molecule has 0 amide bonds. The smallest absolute Gasteiger partial charge is 0.127 e. The second-order valence-electron chi connectivity index (χ2n) is 4.99. The molecule has 2 nitrogen and oxygen atoms in total. The molecule has 2 rings (SSSR count). The molecule has 0 N–H and O–H groups in total. The van der Waals surface area contributed by atoms with Crippen molar-refractivity contribution < 1.29 is 9.47 Å². The Hall–Kier alpha value is -0.540. The number of methoxy groups -OCH3 is 1. The Bertz CT molecular complexity index is 377. The van der Waals surface area contributed by atoms with Crippen LogP contribution in [-0.4, -0.2) is 24.1 Å². The minimum Gasteiger partial charge on any atom is -0.488 e. The van der Waals surface area contributed by atoms with E-state index in [1.807, 2.05) is 0 Å². The quantitative estimate of drug-likeness (QED) is 0.761. The second kappa shape index (κ2) is 6.07. The van der Waals surface area contributed by atoms with E-state index >= 15 is 0 Å². The fourth-order valence-corrected chi connectivity index (χ4v) is 3.15. The molecule has 4 atom stereocenters. The number of hydrogen-bond acceptors (Lipinski definition) is 2. The topological polar surface area (TPSA) is 18.5 Å². The number of halogens is 1. The molecule has 1 saturated carbocycles. The van der Waals surface area contributed by atoms with Crippen LogP contribution in [0.2, 0.25) is 0 Å². The average molecular weight is 313 g/mol. The molecule has 1 fully saturated rings. The minimum absolute atomic E-state index is 0.166. The highest BCUT2D eigenvalue weighted by atomic mass is 79.9. The Labute approximate surface area is 118 Å². The van der Waals surface area contributed by atoms with Gasteiger partial charge >= 0.3 is 0 Å². The van der Waals surface area contributed by atoms with Crippen LogP contribution in [0.25, 0.3) is 0 Å². The van der Waals surface area contributed by atoms with Crippen LogP contribution < -0.4 is 4.74 Å². The number of ether oxygens (including phenoxy) is 2. The van der Waals surface area contributed by atoms with Crippen LogP contribution in [0.4, 0.5) is 0 Å². The third kappa shape index (κ3) is 2.89. The average Bonchev–Trinajstić information content (AvgIpc) is 2.38. The number of benzene rings is 1. The van der Waals surface area contributed by atoms with Crippen LogP contribution in [-0.2, 0) is 4.74 Å². The van der Waals surface area contributed by atoms with Crippen molar-refractivity contribution in [1.29, 1.82) is 0 Å². The van der Waals surface area contributed by atoms with E-state index in [-0.39, 0.29) is 12.2 Å². The first-order valence-corrected chi connectivity index (χ1v) is 7.50. The maximum absolute atomic E-state index is 5.94. The molecule has 1 aliphatic rings. The summed E-state index contributed by atoms with van der Waals surface area (Å²) in [6.45, 7) is 4.46. The third-order valence-electron chi connectivity index (χ3n) is 3.80. The van der Waals surface area contributed by atoms with Crippen molar-refractivity contribution in [2.75, 3.05) is 7.11 Å². The van der Waals surface area contributed by atoms with Gasteiger partial charge in [0.25, 0.3) is 0 Å². The lowest BCUT2D eigenvalue weighted by atomic mass is 9.91. The molecule has 0 saturated heterocycles. The summed E-state index contributed by atoms with van der Waals surface area (Å²) in [5.74, 6) is 1.55. The molecule has 0 aliphatic heterocycles. The first-order valence-electron chi connectivity index (χ1n) is 6.59. The molecule has 0 aromatic heterocycles. The fraction of sp³-hybridized carbons (Fsp3) is 0.600. The van der Waals surface area contributed by atoms with E-state index in [0.717, 1.165) is 12.2 Å². The zero-order chi connectivity index (χ0) is 13.1. The van der Waals surface area contributed by atoms with E-state index in [1.165, 1.54) is 12.0 Å². The van der Waals surface area contributed by atoms with Gasteiger partial charge in [0, 0.05) is 18.4 Å². The normalized spacial score (nSPS) is 28.6. The van der Waals surface area contributed by atoms with Crippen molar-refractivity contribution in [2.24, 2.45) is 0 Å². The van der Waals surface area contributed by atoms with E-state index in [9.17, 15) is 0 Å². The van der Waals surface area contributed by atoms with Crippen LogP contribution in [0.3, 0.4) is 0 Å². The summed E-state index contributed by atoms with van der Waals surface area (Å²) >= 11 is 3.58. The molecule has 1 aromatic rings. The van der Waals surface area contributed by atoms with E-state index in [0.29, 0.717) is 10.7 Å². The lowest BCUT2D eigenvalue weighted by Gasteiger charge is -2.40. The van der Waals surface area contributed by atoms with E-state index in [2.05, 4.69) is 54.0 Å². The molecule has 18 heavy (non-hydrogen) atoms. The predicted molar refractivity (Wildman–Crippen MR) is 77.7 cm³/mol. The van der Waals surface area contributed by atoms with E-state index in [1.54, 1.807) is 7.11 Å². The first-order chi connectivity index (χ1) is 8.65. The molecule has 0 spiro atoms. The summed E-state index contributed by atoms with van der Waals surface area (Å²) in [4.78, 5) is 0.423. The second-order valence-corrected chi connectivity index (χ2v) is 6.16.